The van der Waals surface area contributed by atoms with Crippen LogP contribution in [-0.2, 0) is 4.79 Å². The van der Waals surface area contributed by atoms with Gasteiger partial charge in [-0.1, -0.05) is 23.8 Å². The van der Waals surface area contributed by atoms with Crippen LogP contribution in [0.3, 0.4) is 0 Å². The van der Waals surface area contributed by atoms with Crippen molar-refractivity contribution in [1.82, 2.24) is 0 Å². The molecule has 0 bridgehead atoms. The van der Waals surface area contributed by atoms with Crippen LogP contribution in [0.15, 0.2) is 35.5 Å². The third-order valence-corrected chi connectivity index (χ3v) is 3.77. The molecule has 0 aliphatic heterocycles. The van der Waals surface area contributed by atoms with Gasteiger partial charge in [0.1, 0.15) is 0 Å². The number of hydrogen-bond acceptors (Lipinski definition) is 1. The largest absolute Gasteiger partial charge is 0.290 e. The fourth-order valence-corrected chi connectivity index (χ4v) is 2.62. The molecule has 1 saturated carbocycles. The fraction of sp³-hybridized carbons (Fsp3) is 0.500. The minimum absolute atomic E-state index is 0.198. The molecule has 2 atom stereocenters. The molecule has 15 heavy (non-hydrogen) atoms. The zero-order valence-electron chi connectivity index (χ0n) is 9.55. The second kappa shape index (κ2) is 3.80. The van der Waals surface area contributed by atoms with Crippen LogP contribution in [0.2, 0.25) is 0 Å². The van der Waals surface area contributed by atoms with Crippen molar-refractivity contribution in [2.24, 2.45) is 11.8 Å². The first-order valence-electron chi connectivity index (χ1n) is 5.67. The zero-order valence-corrected chi connectivity index (χ0v) is 9.55. The van der Waals surface area contributed by atoms with E-state index >= 15 is 0 Å². The Hall–Kier alpha value is -1.11. The number of allylic oxidation sites excluding steroid dienone is 5. The molecule has 2 unspecified atom stereocenters. The van der Waals surface area contributed by atoms with E-state index in [1.807, 2.05) is 6.92 Å². The summed E-state index contributed by atoms with van der Waals surface area (Å²) >= 11 is 0. The number of rotatable bonds is 1. The molecule has 0 N–H and O–H groups in total. The molecule has 0 aromatic heterocycles. The molecule has 1 fully saturated rings. The number of carbonyl (C=O) groups is 1. The summed E-state index contributed by atoms with van der Waals surface area (Å²) in [5.74, 6) is 1.31. The van der Waals surface area contributed by atoms with E-state index in [1.165, 1.54) is 24.0 Å². The van der Waals surface area contributed by atoms with Gasteiger partial charge in [-0.05, 0) is 56.6 Å². The van der Waals surface area contributed by atoms with Crippen LogP contribution in [0, 0.1) is 11.8 Å². The molecule has 0 aromatic rings. The summed E-state index contributed by atoms with van der Waals surface area (Å²) in [5.41, 5.74) is 3.60. The van der Waals surface area contributed by atoms with Gasteiger partial charge in [-0.15, -0.1) is 0 Å². The van der Waals surface area contributed by atoms with Gasteiger partial charge >= 0.3 is 0 Å². The van der Waals surface area contributed by atoms with Crippen LogP contribution in [0.5, 0.6) is 0 Å². The minimum atomic E-state index is 0.198. The third kappa shape index (κ3) is 1.83. The molecule has 2 aliphatic carbocycles. The van der Waals surface area contributed by atoms with E-state index in [2.05, 4.69) is 19.6 Å². The maximum Gasteiger partial charge on any atom is 0.181 e. The van der Waals surface area contributed by atoms with Gasteiger partial charge in [-0.3, -0.25) is 4.79 Å². The molecule has 2 rings (SSSR count). The van der Waals surface area contributed by atoms with Crippen molar-refractivity contribution in [3.05, 3.63) is 35.5 Å². The highest BCUT2D eigenvalue weighted by Gasteiger charge is 2.29. The van der Waals surface area contributed by atoms with E-state index in [9.17, 15) is 4.79 Å². The normalized spacial score (nSPS) is 30.4. The smallest absolute Gasteiger partial charge is 0.181 e. The highest BCUT2D eigenvalue weighted by Crippen LogP contribution is 2.40. The lowest BCUT2D eigenvalue weighted by atomic mass is 9.72. The van der Waals surface area contributed by atoms with Gasteiger partial charge in [0.25, 0.3) is 0 Å². The van der Waals surface area contributed by atoms with Gasteiger partial charge in [0.15, 0.2) is 5.78 Å². The molecular formula is C14H18O. The Morgan fingerprint density at radius 3 is 2.87 bits per heavy atom. The topological polar surface area (TPSA) is 17.1 Å². The van der Waals surface area contributed by atoms with Crippen LogP contribution < -0.4 is 0 Å². The van der Waals surface area contributed by atoms with Crippen molar-refractivity contribution in [2.75, 3.05) is 0 Å². The van der Waals surface area contributed by atoms with Crippen molar-refractivity contribution in [3.63, 3.8) is 0 Å². The van der Waals surface area contributed by atoms with Crippen LogP contribution in [0.4, 0.5) is 0 Å². The lowest BCUT2D eigenvalue weighted by molar-refractivity contribution is -0.111. The Morgan fingerprint density at radius 2 is 2.20 bits per heavy atom. The average molecular weight is 202 g/mol. The summed E-state index contributed by atoms with van der Waals surface area (Å²) in [6, 6.07) is 0. The highest BCUT2D eigenvalue weighted by molar-refractivity contribution is 6.05. The lowest BCUT2D eigenvalue weighted by Gasteiger charge is -2.33. The Labute approximate surface area is 91.6 Å². The molecule has 0 radical (unpaired) electrons. The van der Waals surface area contributed by atoms with E-state index in [1.54, 1.807) is 6.08 Å². The third-order valence-electron chi connectivity index (χ3n) is 3.77. The molecule has 80 valence electrons. The van der Waals surface area contributed by atoms with Crippen LogP contribution in [-0.4, -0.2) is 5.78 Å². The van der Waals surface area contributed by atoms with Gasteiger partial charge in [0, 0.05) is 0 Å². The molecule has 0 aromatic carbocycles. The van der Waals surface area contributed by atoms with E-state index in [-0.39, 0.29) is 5.78 Å². The van der Waals surface area contributed by atoms with Crippen LogP contribution >= 0.6 is 0 Å². The molecule has 0 saturated heterocycles. The van der Waals surface area contributed by atoms with Gasteiger partial charge < -0.3 is 0 Å². The van der Waals surface area contributed by atoms with E-state index < -0.39 is 0 Å². The van der Waals surface area contributed by atoms with Gasteiger partial charge in [-0.25, -0.2) is 0 Å². The zero-order chi connectivity index (χ0) is 11.0. The summed E-state index contributed by atoms with van der Waals surface area (Å²) in [6.07, 6.45) is 7.26. The predicted octanol–water partition coefficient (Wildman–Crippen LogP) is 3.43. The second-order valence-corrected chi connectivity index (χ2v) is 4.80. The molecule has 0 spiro atoms. The van der Waals surface area contributed by atoms with Crippen molar-refractivity contribution >= 4 is 5.78 Å². The number of hydrogen-bond donors (Lipinski definition) is 0. The van der Waals surface area contributed by atoms with Gasteiger partial charge in [-0.2, -0.15) is 0 Å². The Kier molecular flexibility index (Phi) is 2.64. The Bertz CT molecular complexity index is 371. The quantitative estimate of drug-likeness (QED) is 0.595. The Morgan fingerprint density at radius 1 is 1.47 bits per heavy atom. The first-order chi connectivity index (χ1) is 7.09. The SMILES string of the molecule is C=C(C)C1CCC2C=CC(=O)C(C)=C2C1. The molecule has 1 nitrogen and oxygen atoms in total. The van der Waals surface area contributed by atoms with Crippen molar-refractivity contribution in [2.45, 2.75) is 33.1 Å². The average Bonchev–Trinajstić information content (AvgIpc) is 2.23. The highest BCUT2D eigenvalue weighted by atomic mass is 16.1. The first-order valence-corrected chi connectivity index (χ1v) is 5.67. The maximum absolute atomic E-state index is 11.6. The second-order valence-electron chi connectivity index (χ2n) is 4.80. The van der Waals surface area contributed by atoms with Crippen LogP contribution in [0.25, 0.3) is 0 Å². The van der Waals surface area contributed by atoms with Gasteiger partial charge in [0.2, 0.25) is 0 Å². The number of ketones is 1. The summed E-state index contributed by atoms with van der Waals surface area (Å²) in [4.78, 5) is 11.6. The molecular weight excluding hydrogens is 184 g/mol. The molecule has 1 heteroatoms. The van der Waals surface area contributed by atoms with E-state index in [0.29, 0.717) is 11.8 Å². The molecule has 2 aliphatic rings. The van der Waals surface area contributed by atoms with E-state index in [4.69, 9.17) is 0 Å². The summed E-state index contributed by atoms with van der Waals surface area (Å²) < 4.78 is 0. The van der Waals surface area contributed by atoms with Crippen molar-refractivity contribution in [1.29, 1.82) is 0 Å². The standard InChI is InChI=1S/C14H18O/c1-9(2)12-5-4-11-6-7-14(15)10(3)13(11)8-12/h6-7,11-12H,1,4-5,8H2,2-3H3. The first kappa shape index (κ1) is 10.4. The maximum atomic E-state index is 11.6. The Balaban J connectivity index is 2.26. The van der Waals surface area contributed by atoms with Gasteiger partial charge in [0.05, 0.1) is 0 Å². The monoisotopic (exact) mass is 202 g/mol. The van der Waals surface area contributed by atoms with Crippen molar-refractivity contribution in [3.8, 4) is 0 Å². The van der Waals surface area contributed by atoms with Crippen LogP contribution in [0.1, 0.15) is 33.1 Å². The molecule has 0 amide bonds. The van der Waals surface area contributed by atoms with E-state index in [0.717, 1.165) is 12.0 Å². The molecule has 0 heterocycles. The summed E-state index contributed by atoms with van der Waals surface area (Å²) in [7, 11) is 0. The summed E-state index contributed by atoms with van der Waals surface area (Å²) in [6.45, 7) is 8.10. The minimum Gasteiger partial charge on any atom is -0.290 e. The number of fused-ring (bicyclic) bond motifs is 1. The summed E-state index contributed by atoms with van der Waals surface area (Å²) in [5, 5.41) is 0. The lowest BCUT2D eigenvalue weighted by Crippen LogP contribution is -2.22. The van der Waals surface area contributed by atoms with Crippen molar-refractivity contribution < 1.29 is 4.79 Å². The fourth-order valence-electron chi connectivity index (χ4n) is 2.62. The predicted molar refractivity (Wildman–Crippen MR) is 62.5 cm³/mol. The number of carbonyl (C=O) groups excluding carboxylic acids is 1.